The summed E-state index contributed by atoms with van der Waals surface area (Å²) in [5.74, 6) is 1.88. The van der Waals surface area contributed by atoms with Crippen LogP contribution in [-0.4, -0.2) is 29.5 Å². The van der Waals surface area contributed by atoms with E-state index in [1.165, 1.54) is 24.8 Å². The third-order valence-corrected chi connectivity index (χ3v) is 6.65. The van der Waals surface area contributed by atoms with Gasteiger partial charge in [-0.3, -0.25) is 0 Å². The van der Waals surface area contributed by atoms with Crippen molar-refractivity contribution < 1.29 is 14.9 Å². The summed E-state index contributed by atoms with van der Waals surface area (Å²) in [5, 5.41) is 20.8. The molecule has 140 valence electrons. The van der Waals surface area contributed by atoms with Crippen molar-refractivity contribution in [3.05, 3.63) is 29.3 Å². The lowest BCUT2D eigenvalue weighted by Crippen LogP contribution is -2.28. The van der Waals surface area contributed by atoms with Crippen LogP contribution in [0.4, 0.5) is 0 Å². The monoisotopic (exact) mass is 346 g/mol. The Morgan fingerprint density at radius 2 is 2.04 bits per heavy atom. The second-order valence-electron chi connectivity index (χ2n) is 8.14. The van der Waals surface area contributed by atoms with Gasteiger partial charge in [-0.2, -0.15) is 0 Å². The van der Waals surface area contributed by atoms with Crippen molar-refractivity contribution in [2.75, 3.05) is 7.11 Å². The minimum atomic E-state index is -0.195. The minimum Gasteiger partial charge on any atom is -0.508 e. The second kappa shape index (κ2) is 8.55. The van der Waals surface area contributed by atoms with Gasteiger partial charge in [-0.25, -0.2) is 0 Å². The van der Waals surface area contributed by atoms with Crippen LogP contribution in [0.2, 0.25) is 0 Å². The van der Waals surface area contributed by atoms with E-state index in [1.807, 2.05) is 13.2 Å². The molecule has 1 aromatic rings. The molecule has 0 saturated heterocycles. The van der Waals surface area contributed by atoms with Crippen LogP contribution in [0.1, 0.15) is 63.0 Å². The molecule has 0 spiro atoms. The highest BCUT2D eigenvalue weighted by molar-refractivity contribution is 5.42. The van der Waals surface area contributed by atoms with E-state index in [4.69, 9.17) is 4.74 Å². The van der Waals surface area contributed by atoms with Gasteiger partial charge in [-0.15, -0.1) is 0 Å². The van der Waals surface area contributed by atoms with Crippen molar-refractivity contribution in [2.24, 2.45) is 17.8 Å². The predicted octanol–water partition coefficient (Wildman–Crippen LogP) is 4.48. The zero-order chi connectivity index (χ0) is 17.8. The minimum absolute atomic E-state index is 0.195. The van der Waals surface area contributed by atoms with Crippen molar-refractivity contribution in [3.8, 4) is 5.75 Å². The fourth-order valence-electron chi connectivity index (χ4n) is 5.20. The molecule has 0 radical (unpaired) electrons. The van der Waals surface area contributed by atoms with E-state index < -0.39 is 0 Å². The highest BCUT2D eigenvalue weighted by Crippen LogP contribution is 2.48. The summed E-state index contributed by atoms with van der Waals surface area (Å²) in [4.78, 5) is 0. The van der Waals surface area contributed by atoms with Crippen molar-refractivity contribution in [3.63, 3.8) is 0 Å². The number of unbranched alkanes of at least 4 members (excludes halogenated alkanes) is 2. The molecule has 0 bridgehead atoms. The standard InChI is InChI=1S/C22H34O3/c1-3-4-5-8-17(25-2)10-11-18-19-12-15-7-6-9-21(23)20(15)13-16(19)14-22(18)24/h6-7,9,16-19,22-24H,3-5,8,10-14H2,1-2H3/t16-,17+,18+,19-,22+/m0/s1. The number of phenols is 1. The molecule has 3 heteroatoms. The number of fused-ring (bicyclic) bond motifs is 2. The highest BCUT2D eigenvalue weighted by Gasteiger charge is 2.44. The summed E-state index contributed by atoms with van der Waals surface area (Å²) in [6, 6.07) is 5.89. The maximum atomic E-state index is 10.7. The molecule has 5 atom stereocenters. The number of benzene rings is 1. The van der Waals surface area contributed by atoms with Crippen LogP contribution in [0.3, 0.4) is 0 Å². The van der Waals surface area contributed by atoms with Crippen LogP contribution in [-0.2, 0) is 17.6 Å². The molecular formula is C22H34O3. The van der Waals surface area contributed by atoms with Crippen LogP contribution in [0.25, 0.3) is 0 Å². The van der Waals surface area contributed by atoms with Gasteiger partial charge in [0.2, 0.25) is 0 Å². The van der Waals surface area contributed by atoms with E-state index in [0.29, 0.717) is 29.6 Å². The normalized spacial score (nSPS) is 29.2. The summed E-state index contributed by atoms with van der Waals surface area (Å²) < 4.78 is 5.69. The molecule has 25 heavy (non-hydrogen) atoms. The van der Waals surface area contributed by atoms with E-state index in [1.54, 1.807) is 6.07 Å². The van der Waals surface area contributed by atoms with Gasteiger partial charge in [0, 0.05) is 7.11 Å². The van der Waals surface area contributed by atoms with Crippen molar-refractivity contribution in [2.45, 2.75) is 76.9 Å². The third kappa shape index (κ3) is 4.20. The number of hydrogen-bond donors (Lipinski definition) is 2. The lowest BCUT2D eigenvalue weighted by Gasteiger charge is -2.32. The molecule has 0 amide bonds. The van der Waals surface area contributed by atoms with Crippen LogP contribution in [0.15, 0.2) is 18.2 Å². The Kier molecular flexibility index (Phi) is 6.40. The first-order chi connectivity index (χ1) is 12.1. The number of aromatic hydroxyl groups is 1. The molecule has 1 saturated carbocycles. The fourth-order valence-corrected chi connectivity index (χ4v) is 5.20. The number of phenolic OH excluding ortho intramolecular Hbond substituents is 1. The molecular weight excluding hydrogens is 312 g/mol. The molecule has 0 aliphatic heterocycles. The van der Waals surface area contributed by atoms with Gasteiger partial charge in [0.15, 0.2) is 0 Å². The molecule has 3 nitrogen and oxygen atoms in total. The largest absolute Gasteiger partial charge is 0.508 e. The van der Waals surface area contributed by atoms with Gasteiger partial charge in [-0.1, -0.05) is 38.3 Å². The quantitative estimate of drug-likeness (QED) is 0.682. The van der Waals surface area contributed by atoms with E-state index >= 15 is 0 Å². The van der Waals surface area contributed by atoms with E-state index in [2.05, 4.69) is 13.0 Å². The van der Waals surface area contributed by atoms with E-state index in [0.717, 1.165) is 44.1 Å². The fraction of sp³-hybridized carbons (Fsp3) is 0.727. The van der Waals surface area contributed by atoms with Crippen molar-refractivity contribution in [1.82, 2.24) is 0 Å². The summed E-state index contributed by atoms with van der Waals surface area (Å²) in [7, 11) is 1.82. The molecule has 0 unspecified atom stereocenters. The average molecular weight is 347 g/mol. The molecule has 1 aromatic carbocycles. The Bertz CT molecular complexity index is 556. The second-order valence-corrected chi connectivity index (χ2v) is 8.14. The van der Waals surface area contributed by atoms with Crippen molar-refractivity contribution in [1.29, 1.82) is 0 Å². The van der Waals surface area contributed by atoms with Gasteiger partial charge in [0.1, 0.15) is 5.75 Å². The smallest absolute Gasteiger partial charge is 0.119 e. The van der Waals surface area contributed by atoms with E-state index in [-0.39, 0.29) is 6.10 Å². The third-order valence-electron chi connectivity index (χ3n) is 6.65. The summed E-state index contributed by atoms with van der Waals surface area (Å²) in [6.45, 7) is 2.23. The first-order valence-electron chi connectivity index (χ1n) is 10.1. The topological polar surface area (TPSA) is 49.7 Å². The first kappa shape index (κ1) is 18.7. The average Bonchev–Trinajstić information content (AvgIpc) is 2.91. The van der Waals surface area contributed by atoms with Gasteiger partial charge >= 0.3 is 0 Å². The van der Waals surface area contributed by atoms with Crippen molar-refractivity contribution >= 4 is 0 Å². The lowest BCUT2D eigenvalue weighted by molar-refractivity contribution is 0.0595. The van der Waals surface area contributed by atoms with E-state index in [9.17, 15) is 10.2 Å². The highest BCUT2D eigenvalue weighted by atomic mass is 16.5. The Labute approximate surface area is 152 Å². The van der Waals surface area contributed by atoms with Crippen LogP contribution < -0.4 is 0 Å². The molecule has 0 aromatic heterocycles. The first-order valence-corrected chi connectivity index (χ1v) is 10.1. The summed E-state index contributed by atoms with van der Waals surface area (Å²) >= 11 is 0. The number of aliphatic hydroxyl groups is 1. The number of ether oxygens (including phenoxy) is 1. The molecule has 1 fully saturated rings. The molecule has 2 N–H and O–H groups in total. The Morgan fingerprint density at radius 1 is 1.20 bits per heavy atom. The van der Waals surface area contributed by atoms with Crippen LogP contribution >= 0.6 is 0 Å². The number of methoxy groups -OCH3 is 1. The lowest BCUT2D eigenvalue weighted by atomic mass is 9.73. The Balaban J connectivity index is 1.61. The van der Waals surface area contributed by atoms with Gasteiger partial charge in [0.25, 0.3) is 0 Å². The zero-order valence-electron chi connectivity index (χ0n) is 15.8. The van der Waals surface area contributed by atoms with Gasteiger partial charge in [-0.05, 0) is 73.5 Å². The summed E-state index contributed by atoms with van der Waals surface area (Å²) in [6.07, 6.45) is 9.95. The molecule has 0 heterocycles. The molecule has 2 aliphatic carbocycles. The molecule has 2 aliphatic rings. The maximum Gasteiger partial charge on any atom is 0.119 e. The van der Waals surface area contributed by atoms with Gasteiger partial charge in [0.05, 0.1) is 12.2 Å². The summed E-state index contributed by atoms with van der Waals surface area (Å²) in [5.41, 5.74) is 2.40. The van der Waals surface area contributed by atoms with Crippen LogP contribution in [0, 0.1) is 17.8 Å². The number of hydrogen-bond acceptors (Lipinski definition) is 3. The Morgan fingerprint density at radius 3 is 2.80 bits per heavy atom. The number of aliphatic hydroxyl groups excluding tert-OH is 1. The SMILES string of the molecule is CCCCC[C@H](CC[C@@H]1[C@H]2Cc3cccc(O)c3C[C@H]2C[C@H]1O)OC. The van der Waals surface area contributed by atoms with Gasteiger partial charge < -0.3 is 14.9 Å². The number of rotatable bonds is 8. The Hall–Kier alpha value is -1.06. The maximum absolute atomic E-state index is 10.7. The molecule has 3 rings (SSSR count). The predicted molar refractivity (Wildman–Crippen MR) is 101 cm³/mol. The van der Waals surface area contributed by atoms with Crippen LogP contribution in [0.5, 0.6) is 5.75 Å². The zero-order valence-corrected chi connectivity index (χ0v) is 15.8.